The number of hydrogen-bond donors (Lipinski definition) is 0. The summed E-state index contributed by atoms with van der Waals surface area (Å²) in [6.07, 6.45) is 0. The molecule has 5 heteroatoms. The Bertz CT molecular complexity index is 2900. The number of aromatic nitrogens is 2. The van der Waals surface area contributed by atoms with Crippen LogP contribution in [0.3, 0.4) is 0 Å². The van der Waals surface area contributed by atoms with Crippen molar-refractivity contribution in [1.82, 2.24) is 9.13 Å². The Morgan fingerprint density at radius 2 is 1.16 bits per heavy atom. The maximum absolute atomic E-state index is 9.92. The summed E-state index contributed by atoms with van der Waals surface area (Å²) < 4.78 is 4.39. The van der Waals surface area contributed by atoms with Crippen LogP contribution >= 0.6 is 0 Å². The van der Waals surface area contributed by atoms with Gasteiger partial charge < -0.3 is 9.13 Å². The molecule has 0 saturated carbocycles. The van der Waals surface area contributed by atoms with Gasteiger partial charge in [0.1, 0.15) is 0 Å². The van der Waals surface area contributed by atoms with Crippen molar-refractivity contribution in [2.45, 2.75) is 0 Å². The quantitative estimate of drug-likeness (QED) is 0.181. The number of nitriles is 2. The van der Waals surface area contributed by atoms with Crippen LogP contribution < -0.4 is 0 Å². The van der Waals surface area contributed by atoms with Crippen LogP contribution in [0.2, 0.25) is 0 Å². The minimum Gasteiger partial charge on any atom is -0.318 e. The van der Waals surface area contributed by atoms with E-state index in [2.05, 4.69) is 117 Å². The molecule has 230 valence electrons. The largest absolute Gasteiger partial charge is 0.318 e. The molecule has 0 fully saturated rings. The van der Waals surface area contributed by atoms with Crippen LogP contribution in [-0.2, 0) is 0 Å². The predicted octanol–water partition coefficient (Wildman–Crippen LogP) is 11.5. The third-order valence-corrected chi connectivity index (χ3v) is 9.61. The van der Waals surface area contributed by atoms with E-state index in [1.54, 1.807) is 0 Å². The molecular formula is C45H25N5. The summed E-state index contributed by atoms with van der Waals surface area (Å²) in [5.41, 5.74) is 11.7. The molecular weight excluding hydrogens is 611 g/mol. The second-order valence-corrected chi connectivity index (χ2v) is 12.3. The Balaban J connectivity index is 1.18. The molecule has 9 aromatic rings. The van der Waals surface area contributed by atoms with E-state index in [-0.39, 0.29) is 0 Å². The standard InChI is InChI=1S/C45H25N5/c1-48-39-15-8-14-35(45(39)50-40-16-4-2-12-36(40)37-13-3-5-17-41(37)50)32-10-6-9-31(26-32)30-20-22-34(23-21-30)49-42-24-19-29(27-46)25-38(42)44-33(28-47)11-7-18-43(44)49/h2-26H. The lowest BCUT2D eigenvalue weighted by Gasteiger charge is -2.17. The van der Waals surface area contributed by atoms with E-state index < -0.39 is 0 Å². The van der Waals surface area contributed by atoms with Gasteiger partial charge in [0.25, 0.3) is 0 Å². The molecule has 0 unspecified atom stereocenters. The summed E-state index contributed by atoms with van der Waals surface area (Å²) in [6.45, 7) is 8.14. The van der Waals surface area contributed by atoms with Gasteiger partial charge in [-0.3, -0.25) is 0 Å². The normalized spacial score (nSPS) is 11.1. The Morgan fingerprint density at radius 3 is 1.88 bits per heavy atom. The van der Waals surface area contributed by atoms with E-state index in [0.29, 0.717) is 16.8 Å². The van der Waals surface area contributed by atoms with Gasteiger partial charge in [-0.2, -0.15) is 10.5 Å². The topological polar surface area (TPSA) is 61.8 Å². The lowest BCUT2D eigenvalue weighted by molar-refractivity contribution is 1.18. The first kappa shape index (κ1) is 28.8. The van der Waals surface area contributed by atoms with Crippen LogP contribution in [0.5, 0.6) is 0 Å². The van der Waals surface area contributed by atoms with Gasteiger partial charge in [0.15, 0.2) is 0 Å². The molecule has 0 aliphatic carbocycles. The minimum absolute atomic E-state index is 0.558. The van der Waals surface area contributed by atoms with Crippen molar-refractivity contribution in [3.63, 3.8) is 0 Å². The number of hydrogen-bond acceptors (Lipinski definition) is 2. The molecule has 0 radical (unpaired) electrons. The zero-order valence-electron chi connectivity index (χ0n) is 26.7. The maximum Gasteiger partial charge on any atom is 0.211 e. The van der Waals surface area contributed by atoms with Gasteiger partial charge in [-0.15, -0.1) is 0 Å². The fraction of sp³-hybridized carbons (Fsp3) is 0. The summed E-state index contributed by atoms with van der Waals surface area (Å²) in [5.74, 6) is 0. The first-order valence-electron chi connectivity index (χ1n) is 16.3. The lowest BCUT2D eigenvalue weighted by atomic mass is 9.97. The Labute approximate surface area is 288 Å². The zero-order chi connectivity index (χ0) is 33.8. The average Bonchev–Trinajstić information content (AvgIpc) is 3.70. The SMILES string of the molecule is [C-]#[N+]c1cccc(-c2cccc(-c3ccc(-n4c5ccc(C#N)cc5c5c(C#N)cccc54)cc3)c2)c1-n1c2ccccc2c2ccccc21. The van der Waals surface area contributed by atoms with Gasteiger partial charge in [0.2, 0.25) is 5.69 Å². The molecule has 0 aliphatic heterocycles. The van der Waals surface area contributed by atoms with Crippen molar-refractivity contribution in [2.24, 2.45) is 0 Å². The van der Waals surface area contributed by atoms with Crippen molar-refractivity contribution in [3.05, 3.63) is 174 Å². The number of rotatable bonds is 4. The van der Waals surface area contributed by atoms with Crippen LogP contribution in [0, 0.1) is 29.2 Å². The monoisotopic (exact) mass is 635 g/mol. The molecule has 0 aliphatic rings. The third-order valence-electron chi connectivity index (χ3n) is 9.61. The summed E-state index contributed by atoms with van der Waals surface area (Å²) in [7, 11) is 0. The van der Waals surface area contributed by atoms with Gasteiger partial charge in [0, 0.05) is 27.2 Å². The zero-order valence-corrected chi connectivity index (χ0v) is 26.7. The molecule has 0 atom stereocenters. The summed E-state index contributed by atoms with van der Waals surface area (Å²) >= 11 is 0. The van der Waals surface area contributed by atoms with Crippen LogP contribution in [-0.4, -0.2) is 9.13 Å². The molecule has 50 heavy (non-hydrogen) atoms. The van der Waals surface area contributed by atoms with Crippen LogP contribution in [0.1, 0.15) is 11.1 Å². The Kier molecular flexibility index (Phi) is 6.56. The predicted molar refractivity (Wildman–Crippen MR) is 202 cm³/mol. The average molecular weight is 636 g/mol. The molecule has 2 heterocycles. The molecule has 0 spiro atoms. The van der Waals surface area contributed by atoms with E-state index in [4.69, 9.17) is 6.57 Å². The van der Waals surface area contributed by atoms with E-state index >= 15 is 0 Å². The fourth-order valence-electron chi connectivity index (χ4n) is 7.43. The summed E-state index contributed by atoms with van der Waals surface area (Å²) in [6, 6.07) is 55.6. The Hall–Kier alpha value is -7.39. The first-order valence-corrected chi connectivity index (χ1v) is 16.3. The number of benzene rings is 7. The highest BCUT2D eigenvalue weighted by molar-refractivity contribution is 6.12. The minimum atomic E-state index is 0.558. The first-order chi connectivity index (χ1) is 24.7. The van der Waals surface area contributed by atoms with Crippen LogP contribution in [0.4, 0.5) is 5.69 Å². The van der Waals surface area contributed by atoms with Crippen molar-refractivity contribution in [1.29, 1.82) is 10.5 Å². The molecule has 5 nitrogen and oxygen atoms in total. The van der Waals surface area contributed by atoms with E-state index in [9.17, 15) is 10.5 Å². The van der Waals surface area contributed by atoms with Crippen molar-refractivity contribution in [3.8, 4) is 45.8 Å². The van der Waals surface area contributed by atoms with Gasteiger partial charge in [-0.05, 0) is 82.9 Å². The second kappa shape index (κ2) is 11.4. The van der Waals surface area contributed by atoms with E-state index in [0.717, 1.165) is 77.2 Å². The molecule has 7 aromatic carbocycles. The Morgan fingerprint density at radius 1 is 0.500 bits per heavy atom. The molecule has 0 amide bonds. The van der Waals surface area contributed by atoms with Crippen LogP contribution in [0.25, 0.3) is 82.1 Å². The van der Waals surface area contributed by atoms with Gasteiger partial charge in [-0.25, -0.2) is 4.85 Å². The maximum atomic E-state index is 9.92. The number of para-hydroxylation sites is 3. The fourth-order valence-corrected chi connectivity index (χ4v) is 7.43. The van der Waals surface area contributed by atoms with E-state index in [1.807, 2.05) is 60.7 Å². The third kappa shape index (κ3) is 4.31. The number of fused-ring (bicyclic) bond motifs is 6. The van der Waals surface area contributed by atoms with Crippen molar-refractivity contribution < 1.29 is 0 Å². The van der Waals surface area contributed by atoms with Crippen LogP contribution in [0.15, 0.2) is 152 Å². The second-order valence-electron chi connectivity index (χ2n) is 12.3. The van der Waals surface area contributed by atoms with E-state index in [1.165, 1.54) is 0 Å². The van der Waals surface area contributed by atoms with Gasteiger partial charge >= 0.3 is 0 Å². The van der Waals surface area contributed by atoms with Crippen molar-refractivity contribution >= 4 is 49.3 Å². The summed E-state index contributed by atoms with van der Waals surface area (Å²) in [4.78, 5) is 4.00. The highest BCUT2D eigenvalue weighted by Crippen LogP contribution is 2.42. The highest BCUT2D eigenvalue weighted by atomic mass is 15.0. The molecule has 0 bridgehead atoms. The lowest BCUT2D eigenvalue weighted by Crippen LogP contribution is -1.98. The van der Waals surface area contributed by atoms with Gasteiger partial charge in [-0.1, -0.05) is 91.0 Å². The van der Waals surface area contributed by atoms with Gasteiger partial charge in [0.05, 0.1) is 57.6 Å². The van der Waals surface area contributed by atoms with Crippen molar-refractivity contribution in [2.75, 3.05) is 0 Å². The molecule has 0 N–H and O–H groups in total. The molecule has 2 aromatic heterocycles. The summed E-state index contributed by atoms with van der Waals surface area (Å²) in [5, 5.41) is 23.5. The number of nitrogens with zero attached hydrogens (tertiary/aromatic N) is 5. The smallest absolute Gasteiger partial charge is 0.211 e. The highest BCUT2D eigenvalue weighted by Gasteiger charge is 2.19. The molecule has 9 rings (SSSR count). The molecule has 0 saturated heterocycles.